The molecule has 2 aliphatic rings. The molecule has 8 nitrogen and oxygen atoms in total. The Morgan fingerprint density at radius 3 is 2.72 bits per heavy atom. The van der Waals surface area contributed by atoms with E-state index in [0.29, 0.717) is 12.8 Å². The van der Waals surface area contributed by atoms with Gasteiger partial charge in [-0.3, -0.25) is 15.2 Å². The molecule has 5 N–H and O–H groups in total. The largest absolute Gasteiger partial charge is 0.433 e. The second kappa shape index (κ2) is 7.56. The Bertz CT molecular complexity index is 893. The van der Waals surface area contributed by atoms with Gasteiger partial charge in [0.25, 0.3) is 0 Å². The molecule has 29 heavy (non-hydrogen) atoms. The third kappa shape index (κ3) is 4.15. The van der Waals surface area contributed by atoms with Crippen molar-refractivity contribution >= 4 is 11.7 Å². The number of alkyl halides is 3. The summed E-state index contributed by atoms with van der Waals surface area (Å²) < 4.78 is 40.1. The Morgan fingerprint density at radius 1 is 1.21 bits per heavy atom. The van der Waals surface area contributed by atoms with E-state index in [9.17, 15) is 18.0 Å². The SMILES string of the molecule is NC(=O)C1NNC2CCC(Nc3cc(C(F)(F)F)nc(-c4ccccn4)n3)CC21. The van der Waals surface area contributed by atoms with Gasteiger partial charge in [0.05, 0.1) is 0 Å². The summed E-state index contributed by atoms with van der Waals surface area (Å²) in [7, 11) is 0. The van der Waals surface area contributed by atoms with E-state index in [0.717, 1.165) is 12.5 Å². The Hall–Kier alpha value is -2.79. The molecule has 4 rings (SSSR count). The first-order chi connectivity index (χ1) is 13.8. The Morgan fingerprint density at radius 2 is 2.03 bits per heavy atom. The van der Waals surface area contributed by atoms with Crippen molar-refractivity contribution in [3.8, 4) is 11.5 Å². The number of amides is 1. The summed E-state index contributed by atoms with van der Waals surface area (Å²) >= 11 is 0. The van der Waals surface area contributed by atoms with Crippen molar-refractivity contribution in [2.45, 2.75) is 43.6 Å². The molecule has 1 aliphatic heterocycles. The summed E-state index contributed by atoms with van der Waals surface area (Å²) in [5.74, 6) is -0.524. The van der Waals surface area contributed by atoms with Gasteiger partial charge in [0, 0.05) is 30.3 Å². The van der Waals surface area contributed by atoms with Crippen molar-refractivity contribution in [3.05, 3.63) is 36.2 Å². The van der Waals surface area contributed by atoms with Crippen molar-refractivity contribution in [2.75, 3.05) is 5.32 Å². The van der Waals surface area contributed by atoms with Gasteiger partial charge in [-0.2, -0.15) is 13.2 Å². The number of aromatic nitrogens is 3. The highest BCUT2D eigenvalue weighted by Gasteiger charge is 2.43. The molecule has 4 atom stereocenters. The zero-order chi connectivity index (χ0) is 20.6. The monoisotopic (exact) mass is 407 g/mol. The van der Waals surface area contributed by atoms with Gasteiger partial charge in [0.2, 0.25) is 5.91 Å². The molecule has 154 valence electrons. The molecule has 0 bridgehead atoms. The van der Waals surface area contributed by atoms with Crippen LogP contribution >= 0.6 is 0 Å². The zero-order valence-electron chi connectivity index (χ0n) is 15.3. The Kier molecular flexibility index (Phi) is 5.09. The summed E-state index contributed by atoms with van der Waals surface area (Å²) in [5.41, 5.74) is 10.6. The fraction of sp³-hybridized carbons (Fsp3) is 0.444. The molecular formula is C18H20F3N7O. The number of anilines is 1. The average Bonchev–Trinajstić information content (AvgIpc) is 3.11. The lowest BCUT2D eigenvalue weighted by atomic mass is 9.79. The van der Waals surface area contributed by atoms with Crippen LogP contribution in [0, 0.1) is 5.92 Å². The minimum Gasteiger partial charge on any atom is -0.368 e. The lowest BCUT2D eigenvalue weighted by Crippen LogP contribution is -2.44. The summed E-state index contributed by atoms with van der Waals surface area (Å²) in [6, 6.07) is 5.22. The first kappa shape index (κ1) is 19.5. The smallest absolute Gasteiger partial charge is 0.368 e. The number of primary amides is 1. The number of nitrogens with one attached hydrogen (secondary N) is 3. The molecule has 1 saturated heterocycles. The van der Waals surface area contributed by atoms with Crippen LogP contribution in [0.15, 0.2) is 30.5 Å². The quantitative estimate of drug-likeness (QED) is 0.606. The third-order valence-electron chi connectivity index (χ3n) is 5.32. The topological polar surface area (TPSA) is 118 Å². The standard InChI is InChI=1S/C18H20F3N7O/c19-18(20,21)13-8-14(26-17(25-13)12-3-1-2-6-23-12)24-9-4-5-11-10(7-9)15(16(22)29)28-27-11/h1-3,6,8-11,15,27-28H,4-5,7H2,(H2,22,29)(H,24,25,26). The molecule has 1 aliphatic carbocycles. The predicted octanol–water partition coefficient (Wildman–Crippen LogP) is 1.47. The van der Waals surface area contributed by atoms with E-state index in [2.05, 4.69) is 31.1 Å². The molecule has 1 saturated carbocycles. The maximum absolute atomic E-state index is 13.4. The normalized spacial score (nSPS) is 26.7. The molecule has 0 aromatic carbocycles. The van der Waals surface area contributed by atoms with Gasteiger partial charge >= 0.3 is 6.18 Å². The highest BCUT2D eigenvalue weighted by molar-refractivity contribution is 5.80. The van der Waals surface area contributed by atoms with E-state index in [1.807, 2.05) is 0 Å². The molecule has 2 fully saturated rings. The van der Waals surface area contributed by atoms with Crippen LogP contribution in [0.1, 0.15) is 25.0 Å². The highest BCUT2D eigenvalue weighted by atomic mass is 19.4. The van der Waals surface area contributed by atoms with Gasteiger partial charge in [0.1, 0.15) is 17.6 Å². The molecular weight excluding hydrogens is 387 g/mol. The number of carbonyl (C=O) groups is 1. The first-order valence-corrected chi connectivity index (χ1v) is 9.26. The van der Waals surface area contributed by atoms with Crippen molar-refractivity contribution in [3.63, 3.8) is 0 Å². The van der Waals surface area contributed by atoms with E-state index in [-0.39, 0.29) is 35.3 Å². The summed E-state index contributed by atoms with van der Waals surface area (Å²) in [5, 5.41) is 3.09. The van der Waals surface area contributed by atoms with Crippen LogP contribution in [0.25, 0.3) is 11.5 Å². The molecule has 4 unspecified atom stereocenters. The van der Waals surface area contributed by atoms with E-state index >= 15 is 0 Å². The van der Waals surface area contributed by atoms with Gasteiger partial charge in [0.15, 0.2) is 11.5 Å². The molecule has 1 amide bonds. The van der Waals surface area contributed by atoms with Crippen molar-refractivity contribution < 1.29 is 18.0 Å². The van der Waals surface area contributed by atoms with Crippen molar-refractivity contribution in [1.29, 1.82) is 0 Å². The summed E-state index contributed by atoms with van der Waals surface area (Å²) in [4.78, 5) is 23.5. The minimum absolute atomic E-state index is 0.0436. The second-order valence-electron chi connectivity index (χ2n) is 7.27. The molecule has 2 aromatic rings. The Balaban J connectivity index is 1.59. The number of carbonyl (C=O) groups excluding carboxylic acids is 1. The maximum atomic E-state index is 13.4. The molecule has 0 radical (unpaired) electrons. The lowest BCUT2D eigenvalue weighted by Gasteiger charge is -2.33. The van der Waals surface area contributed by atoms with Crippen LogP contribution in [-0.4, -0.2) is 39.0 Å². The number of halogens is 3. The zero-order valence-corrected chi connectivity index (χ0v) is 15.3. The van der Waals surface area contributed by atoms with Crippen molar-refractivity contribution in [2.24, 2.45) is 11.7 Å². The van der Waals surface area contributed by atoms with Gasteiger partial charge in [-0.25, -0.2) is 15.4 Å². The van der Waals surface area contributed by atoms with Gasteiger partial charge in [-0.05, 0) is 31.4 Å². The van der Waals surface area contributed by atoms with Gasteiger partial charge in [-0.1, -0.05) is 6.07 Å². The number of hydrogen-bond donors (Lipinski definition) is 4. The number of hydrazine groups is 1. The number of nitrogens with two attached hydrogens (primary N) is 1. The number of pyridine rings is 1. The van der Waals surface area contributed by atoms with Gasteiger partial charge < -0.3 is 11.1 Å². The number of rotatable bonds is 4. The van der Waals surface area contributed by atoms with E-state index in [4.69, 9.17) is 5.73 Å². The van der Waals surface area contributed by atoms with Crippen LogP contribution in [0.5, 0.6) is 0 Å². The van der Waals surface area contributed by atoms with Crippen LogP contribution < -0.4 is 21.9 Å². The maximum Gasteiger partial charge on any atom is 0.433 e. The molecule has 0 spiro atoms. The number of hydrogen-bond acceptors (Lipinski definition) is 7. The fourth-order valence-corrected chi connectivity index (χ4v) is 3.96. The van der Waals surface area contributed by atoms with Crippen molar-refractivity contribution in [1.82, 2.24) is 25.8 Å². The molecule has 11 heteroatoms. The minimum atomic E-state index is -4.61. The van der Waals surface area contributed by atoms with Gasteiger partial charge in [-0.15, -0.1) is 0 Å². The summed E-state index contributed by atoms with van der Waals surface area (Å²) in [6.45, 7) is 0. The van der Waals surface area contributed by atoms with Crippen LogP contribution in [0.4, 0.5) is 19.0 Å². The van der Waals surface area contributed by atoms with Crippen LogP contribution in [0.2, 0.25) is 0 Å². The van der Waals surface area contributed by atoms with E-state index < -0.39 is 23.8 Å². The third-order valence-corrected chi connectivity index (χ3v) is 5.32. The first-order valence-electron chi connectivity index (χ1n) is 9.26. The lowest BCUT2D eigenvalue weighted by molar-refractivity contribution is -0.141. The highest BCUT2D eigenvalue weighted by Crippen LogP contribution is 2.34. The van der Waals surface area contributed by atoms with E-state index in [1.165, 1.54) is 6.20 Å². The van der Waals surface area contributed by atoms with Crippen LogP contribution in [-0.2, 0) is 11.0 Å². The molecule has 2 aromatic heterocycles. The predicted molar refractivity (Wildman–Crippen MR) is 98.1 cm³/mol. The second-order valence-corrected chi connectivity index (χ2v) is 7.27. The summed E-state index contributed by atoms with van der Waals surface area (Å²) in [6.07, 6.45) is -1.11. The number of nitrogens with zero attached hydrogens (tertiary/aromatic N) is 3. The fourth-order valence-electron chi connectivity index (χ4n) is 3.96. The average molecular weight is 407 g/mol. The van der Waals surface area contributed by atoms with Crippen LogP contribution in [0.3, 0.4) is 0 Å². The number of fused-ring (bicyclic) bond motifs is 1. The van der Waals surface area contributed by atoms with E-state index in [1.54, 1.807) is 18.2 Å². The molecule has 3 heterocycles. The Labute approximate surface area is 164 Å².